The van der Waals surface area contributed by atoms with E-state index in [4.69, 9.17) is 5.73 Å². The fourth-order valence-corrected chi connectivity index (χ4v) is 1.10. The Morgan fingerprint density at radius 1 is 1.13 bits per heavy atom. The van der Waals surface area contributed by atoms with Crippen LogP contribution in [0.25, 0.3) is 0 Å². The molecule has 0 unspecified atom stereocenters. The zero-order valence-electron chi connectivity index (χ0n) is 10.3. The molecule has 82 valence electrons. The van der Waals surface area contributed by atoms with E-state index in [-0.39, 0.29) is 5.41 Å². The van der Waals surface area contributed by atoms with Gasteiger partial charge in [0.05, 0.1) is 5.69 Å². The van der Waals surface area contributed by atoms with E-state index in [0.29, 0.717) is 5.84 Å². The number of nitrogens with two attached hydrogens (primary N) is 1. The van der Waals surface area contributed by atoms with E-state index >= 15 is 0 Å². The third kappa shape index (κ3) is 3.08. The molecule has 0 atom stereocenters. The van der Waals surface area contributed by atoms with Crippen molar-refractivity contribution in [3.8, 4) is 0 Å². The lowest BCUT2D eigenvalue weighted by Gasteiger charge is -2.17. The van der Waals surface area contributed by atoms with E-state index in [1.165, 1.54) is 11.1 Å². The number of hydrogen-bond donors (Lipinski definition) is 1. The first-order valence-corrected chi connectivity index (χ1v) is 5.22. The first kappa shape index (κ1) is 11.8. The van der Waals surface area contributed by atoms with Gasteiger partial charge in [0, 0.05) is 5.41 Å². The first-order chi connectivity index (χ1) is 6.80. The van der Waals surface area contributed by atoms with Gasteiger partial charge in [-0.15, -0.1) is 0 Å². The Hall–Kier alpha value is -1.31. The molecule has 0 aliphatic rings. The van der Waals surface area contributed by atoms with Crippen LogP contribution in [0.15, 0.2) is 23.2 Å². The van der Waals surface area contributed by atoms with Crippen LogP contribution in [0.5, 0.6) is 0 Å². The third-order valence-electron chi connectivity index (χ3n) is 2.51. The molecule has 1 aromatic carbocycles. The number of nitrogens with zero attached hydrogens (tertiary/aromatic N) is 1. The topological polar surface area (TPSA) is 38.4 Å². The second-order valence-corrected chi connectivity index (χ2v) is 5.02. The number of aryl methyl sites for hydroxylation is 2. The fourth-order valence-electron chi connectivity index (χ4n) is 1.10. The lowest BCUT2D eigenvalue weighted by atomic mass is 9.95. The van der Waals surface area contributed by atoms with Crippen molar-refractivity contribution in [1.29, 1.82) is 0 Å². The molecule has 1 rings (SSSR count). The molecule has 2 heteroatoms. The highest BCUT2D eigenvalue weighted by molar-refractivity contribution is 5.87. The summed E-state index contributed by atoms with van der Waals surface area (Å²) in [7, 11) is 0. The highest BCUT2D eigenvalue weighted by atomic mass is 14.9. The zero-order chi connectivity index (χ0) is 11.6. The van der Waals surface area contributed by atoms with E-state index < -0.39 is 0 Å². The van der Waals surface area contributed by atoms with Gasteiger partial charge in [0.15, 0.2) is 0 Å². The monoisotopic (exact) mass is 204 g/mol. The minimum absolute atomic E-state index is 0.0706. The lowest BCUT2D eigenvalue weighted by molar-refractivity contribution is 0.585. The molecule has 0 aliphatic heterocycles. The molecule has 0 aliphatic carbocycles. The van der Waals surface area contributed by atoms with Gasteiger partial charge in [0.1, 0.15) is 5.84 Å². The smallest absolute Gasteiger partial charge is 0.105 e. The average molecular weight is 204 g/mol. The molecular formula is C13H20N2. The quantitative estimate of drug-likeness (QED) is 0.553. The van der Waals surface area contributed by atoms with Gasteiger partial charge in [-0.05, 0) is 37.1 Å². The molecule has 0 heterocycles. The minimum atomic E-state index is -0.0706. The van der Waals surface area contributed by atoms with Gasteiger partial charge >= 0.3 is 0 Å². The van der Waals surface area contributed by atoms with Crippen LogP contribution < -0.4 is 5.73 Å². The van der Waals surface area contributed by atoms with Gasteiger partial charge in [-0.2, -0.15) is 0 Å². The van der Waals surface area contributed by atoms with Crippen LogP contribution in [-0.2, 0) is 0 Å². The normalized spacial score (nSPS) is 13.0. The molecule has 0 fully saturated rings. The highest BCUT2D eigenvalue weighted by Crippen LogP contribution is 2.20. The summed E-state index contributed by atoms with van der Waals surface area (Å²) in [5.74, 6) is 0.672. The van der Waals surface area contributed by atoms with E-state index in [1.54, 1.807) is 0 Å². The summed E-state index contributed by atoms with van der Waals surface area (Å²) in [6.07, 6.45) is 0. The van der Waals surface area contributed by atoms with Crippen molar-refractivity contribution in [2.75, 3.05) is 0 Å². The molecule has 1 aromatic rings. The molecule has 0 bridgehead atoms. The van der Waals surface area contributed by atoms with Crippen LogP contribution >= 0.6 is 0 Å². The van der Waals surface area contributed by atoms with Crippen molar-refractivity contribution in [2.45, 2.75) is 34.6 Å². The molecular weight excluding hydrogens is 184 g/mol. The van der Waals surface area contributed by atoms with Crippen LogP contribution in [0.4, 0.5) is 5.69 Å². The van der Waals surface area contributed by atoms with Crippen molar-refractivity contribution in [3.63, 3.8) is 0 Å². The standard InChI is InChI=1S/C13H20N2/c1-9-6-7-11(8-10(9)2)15-12(14)13(3,4)5/h6-8H,1-5H3,(H2,14,15). The molecule has 0 saturated carbocycles. The second kappa shape index (κ2) is 4.05. The Bertz CT molecular complexity index is 384. The van der Waals surface area contributed by atoms with Crippen molar-refractivity contribution in [3.05, 3.63) is 29.3 Å². The van der Waals surface area contributed by atoms with Crippen LogP contribution in [0, 0.1) is 19.3 Å². The average Bonchev–Trinajstić information content (AvgIpc) is 2.10. The van der Waals surface area contributed by atoms with Crippen molar-refractivity contribution < 1.29 is 0 Å². The summed E-state index contributed by atoms with van der Waals surface area (Å²) in [5.41, 5.74) is 9.31. The van der Waals surface area contributed by atoms with Gasteiger partial charge < -0.3 is 5.73 Å². The summed E-state index contributed by atoms with van der Waals surface area (Å²) in [5, 5.41) is 0. The van der Waals surface area contributed by atoms with Crippen molar-refractivity contribution >= 4 is 11.5 Å². The Morgan fingerprint density at radius 3 is 2.20 bits per heavy atom. The third-order valence-corrected chi connectivity index (χ3v) is 2.51. The summed E-state index contributed by atoms with van der Waals surface area (Å²) >= 11 is 0. The molecule has 0 amide bonds. The zero-order valence-corrected chi connectivity index (χ0v) is 10.3. The van der Waals surface area contributed by atoms with Gasteiger partial charge in [0.2, 0.25) is 0 Å². The van der Waals surface area contributed by atoms with Crippen molar-refractivity contribution in [1.82, 2.24) is 0 Å². The number of benzene rings is 1. The Kier molecular flexibility index (Phi) is 3.18. The predicted molar refractivity (Wildman–Crippen MR) is 66.7 cm³/mol. The van der Waals surface area contributed by atoms with Gasteiger partial charge in [-0.3, -0.25) is 0 Å². The number of hydrogen-bond acceptors (Lipinski definition) is 1. The van der Waals surface area contributed by atoms with E-state index in [2.05, 4.69) is 51.7 Å². The van der Waals surface area contributed by atoms with Gasteiger partial charge in [-0.1, -0.05) is 26.8 Å². The molecule has 0 aromatic heterocycles. The van der Waals surface area contributed by atoms with E-state index in [0.717, 1.165) is 5.69 Å². The second-order valence-electron chi connectivity index (χ2n) is 5.02. The Balaban J connectivity index is 3.04. The lowest BCUT2D eigenvalue weighted by Crippen LogP contribution is -2.28. The molecule has 15 heavy (non-hydrogen) atoms. The highest BCUT2D eigenvalue weighted by Gasteiger charge is 2.15. The summed E-state index contributed by atoms with van der Waals surface area (Å²) < 4.78 is 0. The summed E-state index contributed by atoms with van der Waals surface area (Å²) in [4.78, 5) is 4.43. The predicted octanol–water partition coefficient (Wildman–Crippen LogP) is 3.34. The molecule has 0 spiro atoms. The largest absolute Gasteiger partial charge is 0.387 e. The molecule has 0 radical (unpaired) electrons. The molecule has 2 N–H and O–H groups in total. The van der Waals surface area contributed by atoms with E-state index in [1.807, 2.05) is 6.07 Å². The van der Waals surface area contributed by atoms with Crippen molar-refractivity contribution in [2.24, 2.45) is 16.1 Å². The minimum Gasteiger partial charge on any atom is -0.387 e. The SMILES string of the molecule is Cc1ccc(N=C(N)C(C)(C)C)cc1C. The maximum absolute atomic E-state index is 5.92. The Morgan fingerprint density at radius 2 is 1.73 bits per heavy atom. The van der Waals surface area contributed by atoms with Crippen LogP contribution in [0.1, 0.15) is 31.9 Å². The summed E-state index contributed by atoms with van der Waals surface area (Å²) in [6, 6.07) is 6.14. The number of amidine groups is 1. The van der Waals surface area contributed by atoms with Crippen LogP contribution in [0.2, 0.25) is 0 Å². The van der Waals surface area contributed by atoms with Gasteiger partial charge in [-0.25, -0.2) is 4.99 Å². The van der Waals surface area contributed by atoms with Crippen LogP contribution in [-0.4, -0.2) is 5.84 Å². The van der Waals surface area contributed by atoms with E-state index in [9.17, 15) is 0 Å². The maximum Gasteiger partial charge on any atom is 0.105 e. The molecule has 2 nitrogen and oxygen atoms in total. The summed E-state index contributed by atoms with van der Waals surface area (Å²) in [6.45, 7) is 10.4. The number of aliphatic imine (C=N–C) groups is 1. The van der Waals surface area contributed by atoms with Gasteiger partial charge in [0.25, 0.3) is 0 Å². The first-order valence-electron chi connectivity index (χ1n) is 5.22. The fraction of sp³-hybridized carbons (Fsp3) is 0.462. The van der Waals surface area contributed by atoms with Crippen LogP contribution in [0.3, 0.4) is 0 Å². The Labute approximate surface area is 92.2 Å². The molecule has 0 saturated heterocycles. The number of rotatable bonds is 1. The maximum atomic E-state index is 5.92.